The Morgan fingerprint density at radius 1 is 0.0889 bits per heavy atom. The van der Waals surface area contributed by atoms with Gasteiger partial charge in [0.05, 0.1) is 0 Å². The van der Waals surface area contributed by atoms with Gasteiger partial charge in [-0.05, 0) is 106 Å². The average molecular weight is 1200 g/mol. The van der Waals surface area contributed by atoms with Gasteiger partial charge in [0.2, 0.25) is 0 Å². The van der Waals surface area contributed by atoms with Crippen molar-refractivity contribution in [3.05, 3.63) is 0 Å². The van der Waals surface area contributed by atoms with Gasteiger partial charge in [-0.1, -0.05) is 5.92 Å². The zero-order chi connectivity index (χ0) is 64.2. The van der Waals surface area contributed by atoms with Gasteiger partial charge in [0.1, 0.15) is 0 Å². The smallest absolute Gasteiger partial charge is 0.0192 e. The topological polar surface area (TPSA) is 0 Å². The molecule has 0 aromatic rings. The summed E-state index contributed by atoms with van der Waals surface area (Å²) in [6.07, 6.45) is 0. The van der Waals surface area contributed by atoms with Gasteiger partial charge in [0, 0.05) is 437 Å². The van der Waals surface area contributed by atoms with Crippen molar-refractivity contribution in [3.63, 3.8) is 0 Å². The van der Waals surface area contributed by atoms with Crippen LogP contribution in [0.25, 0.3) is 0 Å². The van der Waals surface area contributed by atoms with Crippen LogP contribution in [0.4, 0.5) is 0 Å². The van der Waals surface area contributed by atoms with Crippen molar-refractivity contribution in [2.45, 2.75) is 6.92 Å². The Hall–Kier alpha value is -18.6. The average Bonchev–Trinajstić information content (AvgIpc) is 3.55. The Morgan fingerprint density at radius 3 is 0.200 bits per heavy atom. The summed E-state index contributed by atoms with van der Waals surface area (Å²) in [4.78, 5) is 0. The van der Waals surface area contributed by atoms with Gasteiger partial charge < -0.3 is 0 Å². The highest BCUT2D eigenvalue weighted by atomic mass is 127. The fraction of sp³-hybridized carbons (Fsp3) is 0.0112. The molecule has 0 aromatic carbocycles. The van der Waals surface area contributed by atoms with Crippen LogP contribution in [0, 0.1) is 519 Å². The molecule has 0 aliphatic carbocycles. The molecule has 0 aromatic heterocycles. The van der Waals surface area contributed by atoms with E-state index < -0.39 is 0 Å². The maximum Gasteiger partial charge on any atom is 0.0192 e. The maximum absolute atomic E-state index is 2.63. The lowest BCUT2D eigenvalue weighted by atomic mass is 10.4. The molecular formula is C89H3I. The van der Waals surface area contributed by atoms with E-state index in [0.717, 1.165) is 0 Å². The van der Waals surface area contributed by atoms with Crippen molar-refractivity contribution >= 4 is 22.6 Å². The Kier molecular flexibility index (Phi) is 55.8. The summed E-state index contributed by atoms with van der Waals surface area (Å²) in [5.41, 5.74) is 0. The summed E-state index contributed by atoms with van der Waals surface area (Å²) in [5, 5.41) is 0. The molecule has 1 heteroatoms. The minimum atomic E-state index is 1.68. The second-order valence-electron chi connectivity index (χ2n) is 11.1. The maximum atomic E-state index is 2.63. The fourth-order valence-electron chi connectivity index (χ4n) is 2.71. The van der Waals surface area contributed by atoms with Gasteiger partial charge in [-0.2, -0.15) is 0 Å². The molecule has 0 aliphatic rings. The van der Waals surface area contributed by atoms with E-state index in [2.05, 4.69) is 519 Å². The molecule has 0 nitrogen and oxygen atoms in total. The van der Waals surface area contributed by atoms with Crippen LogP contribution in [0.5, 0.6) is 0 Å². The van der Waals surface area contributed by atoms with Gasteiger partial charge in [-0.15, -0.1) is 0 Å². The molecule has 0 amide bonds. The third-order valence-electron chi connectivity index (χ3n) is 5.48. The summed E-state index contributed by atoms with van der Waals surface area (Å²) in [5.74, 6) is 218. The molecule has 0 saturated carbocycles. The van der Waals surface area contributed by atoms with E-state index in [-0.39, 0.29) is 0 Å². The highest BCUT2D eigenvalue weighted by molar-refractivity contribution is 14.1. The first kappa shape index (κ1) is 71.4. The zero-order valence-electron chi connectivity index (χ0n) is 45.4. The Bertz CT molecular complexity index is 5820. The predicted molar refractivity (Wildman–Crippen MR) is 362 cm³/mol. The van der Waals surface area contributed by atoms with Crippen LogP contribution in [-0.2, 0) is 0 Å². The van der Waals surface area contributed by atoms with E-state index >= 15 is 0 Å². The second kappa shape index (κ2) is 70.4. The second-order valence-corrected chi connectivity index (χ2v) is 11.6. The van der Waals surface area contributed by atoms with E-state index in [1.165, 1.54) is 0 Å². The van der Waals surface area contributed by atoms with E-state index in [1.54, 1.807) is 6.92 Å². The predicted octanol–water partition coefficient (Wildman–Crippen LogP) is 1.55. The standard InChI is InChI=1S/C89H3I/c1-2-3-4-5-6-7-8-9-10-11-12-13-14-15-16-17-18-19-20-21-22-23-24-25-26-27-28-29-30-31-32-33-34-35-36-37-38-39-40-41-42-43-44-45-46-47-48-49-50-51-52-53-54-55-56-57-58-59-60-61-62-63-64-65-66-67-68-69-70-71-72-73-74-75-76-77-78-79-80-81-82-83-84-85-86-87-88-89-90/h1H3. The summed E-state index contributed by atoms with van der Waals surface area (Å²) in [6.45, 7) is 1.68. The molecular weight excluding hydrogens is 1200 g/mol. The molecule has 0 fully saturated rings. The molecule has 90 heavy (non-hydrogen) atoms. The van der Waals surface area contributed by atoms with E-state index in [0.29, 0.717) is 0 Å². The third kappa shape index (κ3) is 69.4. The molecule has 0 heterocycles. The van der Waals surface area contributed by atoms with Gasteiger partial charge in [0.25, 0.3) is 0 Å². The molecule has 0 unspecified atom stereocenters. The highest BCUT2D eigenvalue weighted by Gasteiger charge is 1.66. The van der Waals surface area contributed by atoms with Crippen LogP contribution in [0.2, 0.25) is 0 Å². The first-order valence-electron chi connectivity index (χ1n) is 22.4. The quantitative estimate of drug-likeness (QED) is 0.256. The van der Waals surface area contributed by atoms with Gasteiger partial charge in [-0.3, -0.25) is 0 Å². The Balaban J connectivity index is 4.63. The van der Waals surface area contributed by atoms with Crippen LogP contribution in [0.3, 0.4) is 0 Å². The number of halogens is 1. The van der Waals surface area contributed by atoms with Crippen LogP contribution in [-0.4, -0.2) is 0 Å². The molecule has 0 N–H and O–H groups in total. The summed E-state index contributed by atoms with van der Waals surface area (Å²) in [7, 11) is 0. The van der Waals surface area contributed by atoms with Crippen LogP contribution in [0.1, 0.15) is 6.92 Å². The van der Waals surface area contributed by atoms with Crippen molar-refractivity contribution in [1.29, 1.82) is 0 Å². The fourth-order valence-corrected chi connectivity index (χ4v) is 2.85. The number of hydrogen-bond donors (Lipinski definition) is 0. The monoisotopic (exact) mass is 1200 g/mol. The zero-order valence-corrected chi connectivity index (χ0v) is 47.5. The minimum absolute atomic E-state index is 1.68. The molecule has 0 spiro atoms. The molecule has 366 valence electrons. The summed E-state index contributed by atoms with van der Waals surface area (Å²) >= 11 is 1.88. The van der Waals surface area contributed by atoms with E-state index in [9.17, 15) is 0 Å². The molecule has 0 atom stereocenters. The van der Waals surface area contributed by atoms with Crippen LogP contribution < -0.4 is 0 Å². The molecule has 0 aliphatic heterocycles. The van der Waals surface area contributed by atoms with Crippen molar-refractivity contribution in [1.82, 2.24) is 0 Å². The lowest BCUT2D eigenvalue weighted by Crippen LogP contribution is -1.57. The number of hydrogen-bond acceptors (Lipinski definition) is 0. The van der Waals surface area contributed by atoms with Crippen molar-refractivity contribution in [3.8, 4) is 519 Å². The van der Waals surface area contributed by atoms with Gasteiger partial charge in [0.15, 0.2) is 0 Å². The van der Waals surface area contributed by atoms with E-state index in [1.807, 2.05) is 22.6 Å². The molecule has 0 radical (unpaired) electrons. The summed E-state index contributed by atoms with van der Waals surface area (Å²) in [6, 6.07) is 0. The van der Waals surface area contributed by atoms with Crippen LogP contribution >= 0.6 is 22.6 Å². The van der Waals surface area contributed by atoms with Crippen molar-refractivity contribution in [2.75, 3.05) is 0 Å². The first-order valence-corrected chi connectivity index (χ1v) is 23.5. The van der Waals surface area contributed by atoms with Crippen LogP contribution in [0.15, 0.2) is 0 Å². The Morgan fingerprint density at radius 2 is 0.144 bits per heavy atom. The SMILES string of the molecule is CC#CC#CC#CC#CC#CC#CC#CC#CC#CC#CC#CC#CC#CC#CC#CC#CC#CC#CC#CC#CC#CC#CC#CC#CC#CC#CC#CC#CC#CC#CC#CC#CC#CC#CC#CC#CC#CC#CC#CC#CC#CC#CC#CC#CI. The normalized spacial score (nSPS) is 3.98. The first-order chi connectivity index (χ1) is 44.9. The van der Waals surface area contributed by atoms with Gasteiger partial charge in [-0.25, -0.2) is 0 Å². The Labute approximate surface area is 544 Å². The van der Waals surface area contributed by atoms with Crippen molar-refractivity contribution in [2.24, 2.45) is 0 Å². The number of rotatable bonds is 0. The minimum Gasteiger partial charge on any atom is -0.0925 e. The van der Waals surface area contributed by atoms with Crippen molar-refractivity contribution < 1.29 is 0 Å². The largest absolute Gasteiger partial charge is 0.0925 e. The highest BCUT2D eigenvalue weighted by Crippen LogP contribution is 1.68. The van der Waals surface area contributed by atoms with E-state index in [4.69, 9.17) is 0 Å². The summed E-state index contributed by atoms with van der Waals surface area (Å²) < 4.78 is 2.60. The van der Waals surface area contributed by atoms with Gasteiger partial charge >= 0.3 is 0 Å². The lowest BCUT2D eigenvalue weighted by Gasteiger charge is -1.58. The molecule has 0 rings (SSSR count). The molecule has 0 bridgehead atoms. The third-order valence-corrected chi connectivity index (χ3v) is 5.75. The molecule has 0 saturated heterocycles. The lowest BCUT2D eigenvalue weighted by molar-refractivity contribution is 1.92.